The van der Waals surface area contributed by atoms with Crippen molar-refractivity contribution in [1.29, 1.82) is 0 Å². The predicted octanol–water partition coefficient (Wildman–Crippen LogP) is 2.51. The number of rotatable bonds is 5. The highest BCUT2D eigenvalue weighted by atomic mass is 15.2. The maximum Gasteiger partial charge on any atom is 0.202 e. The van der Waals surface area contributed by atoms with Crippen molar-refractivity contribution in [3.8, 4) is 0 Å². The van der Waals surface area contributed by atoms with E-state index in [0.29, 0.717) is 0 Å². The normalized spacial score (nSPS) is 16.6. The number of nitrogens with zero attached hydrogens (tertiary/aromatic N) is 2. The molecule has 0 amide bonds. The Morgan fingerprint density at radius 3 is 3.07 bits per heavy atom. The fraction of sp³-hybridized carbons (Fsp3) is 0.727. The van der Waals surface area contributed by atoms with Gasteiger partial charge in [-0.3, -0.25) is 0 Å². The summed E-state index contributed by atoms with van der Waals surface area (Å²) in [7, 11) is 0. The second-order valence-corrected chi connectivity index (χ2v) is 4.06. The standard InChI is InChI=1S/C11H19N3/c1-2-12-11-13-7-9-14(11)8-6-10-4-3-5-10/h7,9-10H,2-6,8H2,1H3,(H,12,13). The summed E-state index contributed by atoms with van der Waals surface area (Å²) in [5, 5.41) is 3.27. The lowest BCUT2D eigenvalue weighted by molar-refractivity contribution is 0.283. The Hall–Kier alpha value is -0.990. The lowest BCUT2D eigenvalue weighted by Gasteiger charge is -2.25. The molecule has 0 aromatic carbocycles. The van der Waals surface area contributed by atoms with Crippen molar-refractivity contribution in [2.24, 2.45) is 5.92 Å². The Labute approximate surface area is 85.5 Å². The van der Waals surface area contributed by atoms with Crippen LogP contribution in [0.4, 0.5) is 5.95 Å². The highest BCUT2D eigenvalue weighted by Crippen LogP contribution is 2.29. The zero-order valence-electron chi connectivity index (χ0n) is 8.87. The highest BCUT2D eigenvalue weighted by molar-refractivity contribution is 5.25. The van der Waals surface area contributed by atoms with E-state index in [0.717, 1.165) is 25.0 Å². The Morgan fingerprint density at radius 1 is 1.57 bits per heavy atom. The SMILES string of the molecule is CCNc1nccn1CCC1CCC1. The predicted molar refractivity (Wildman–Crippen MR) is 58.3 cm³/mol. The van der Waals surface area contributed by atoms with Crippen LogP contribution >= 0.6 is 0 Å². The Bertz CT molecular complexity index is 276. The molecular weight excluding hydrogens is 174 g/mol. The first-order valence-corrected chi connectivity index (χ1v) is 5.65. The summed E-state index contributed by atoms with van der Waals surface area (Å²) in [6.45, 7) is 4.17. The van der Waals surface area contributed by atoms with Crippen molar-refractivity contribution in [3.63, 3.8) is 0 Å². The van der Waals surface area contributed by atoms with E-state index in [1.165, 1.54) is 25.7 Å². The fourth-order valence-electron chi connectivity index (χ4n) is 1.92. The average Bonchev–Trinajstić information content (AvgIpc) is 2.51. The number of hydrogen-bond acceptors (Lipinski definition) is 2. The summed E-state index contributed by atoms with van der Waals surface area (Å²) in [5.41, 5.74) is 0. The molecule has 3 heteroatoms. The van der Waals surface area contributed by atoms with Gasteiger partial charge in [0, 0.05) is 25.5 Å². The van der Waals surface area contributed by atoms with Crippen molar-refractivity contribution >= 4 is 5.95 Å². The minimum Gasteiger partial charge on any atom is -0.356 e. The number of anilines is 1. The molecule has 0 bridgehead atoms. The molecule has 1 N–H and O–H groups in total. The zero-order chi connectivity index (χ0) is 9.80. The van der Waals surface area contributed by atoms with Gasteiger partial charge in [0.15, 0.2) is 0 Å². The minimum atomic E-state index is 0.945. The second kappa shape index (κ2) is 4.49. The largest absolute Gasteiger partial charge is 0.356 e. The Balaban J connectivity index is 1.84. The number of hydrogen-bond donors (Lipinski definition) is 1. The van der Waals surface area contributed by atoms with Gasteiger partial charge in [-0.25, -0.2) is 4.98 Å². The third-order valence-electron chi connectivity index (χ3n) is 3.05. The van der Waals surface area contributed by atoms with E-state index in [4.69, 9.17) is 0 Å². The maximum absolute atomic E-state index is 4.28. The molecule has 1 fully saturated rings. The lowest BCUT2D eigenvalue weighted by Crippen LogP contribution is -2.15. The molecule has 78 valence electrons. The molecule has 0 aliphatic heterocycles. The molecule has 0 radical (unpaired) electrons. The first kappa shape index (κ1) is 9.56. The third-order valence-corrected chi connectivity index (χ3v) is 3.05. The summed E-state index contributed by atoms with van der Waals surface area (Å²) in [5.74, 6) is 2.00. The summed E-state index contributed by atoms with van der Waals surface area (Å²) < 4.78 is 2.22. The van der Waals surface area contributed by atoms with Gasteiger partial charge in [0.05, 0.1) is 0 Å². The van der Waals surface area contributed by atoms with Crippen LogP contribution in [0.15, 0.2) is 12.4 Å². The first-order valence-electron chi connectivity index (χ1n) is 5.65. The monoisotopic (exact) mass is 193 g/mol. The van der Waals surface area contributed by atoms with Crippen molar-refractivity contribution in [3.05, 3.63) is 12.4 Å². The molecule has 0 saturated heterocycles. The van der Waals surface area contributed by atoms with Gasteiger partial charge in [-0.1, -0.05) is 19.3 Å². The summed E-state index contributed by atoms with van der Waals surface area (Å²) in [6.07, 6.45) is 9.56. The molecule has 3 nitrogen and oxygen atoms in total. The summed E-state index contributed by atoms with van der Waals surface area (Å²) in [6, 6.07) is 0. The molecule has 1 aromatic rings. The topological polar surface area (TPSA) is 29.9 Å². The molecule has 1 heterocycles. The van der Waals surface area contributed by atoms with Crippen LogP contribution in [0.2, 0.25) is 0 Å². The number of nitrogens with one attached hydrogen (secondary N) is 1. The number of aromatic nitrogens is 2. The molecule has 0 unspecified atom stereocenters. The van der Waals surface area contributed by atoms with Crippen LogP contribution in [-0.4, -0.2) is 16.1 Å². The number of imidazole rings is 1. The zero-order valence-corrected chi connectivity index (χ0v) is 8.87. The average molecular weight is 193 g/mol. The molecule has 1 aromatic heterocycles. The van der Waals surface area contributed by atoms with E-state index < -0.39 is 0 Å². The molecule has 1 aliphatic rings. The van der Waals surface area contributed by atoms with Crippen LogP contribution in [0.25, 0.3) is 0 Å². The van der Waals surface area contributed by atoms with Gasteiger partial charge >= 0.3 is 0 Å². The van der Waals surface area contributed by atoms with Crippen LogP contribution < -0.4 is 5.32 Å². The highest BCUT2D eigenvalue weighted by Gasteiger charge is 2.17. The summed E-state index contributed by atoms with van der Waals surface area (Å²) in [4.78, 5) is 4.28. The van der Waals surface area contributed by atoms with E-state index >= 15 is 0 Å². The van der Waals surface area contributed by atoms with E-state index in [1.807, 2.05) is 6.20 Å². The maximum atomic E-state index is 4.28. The van der Waals surface area contributed by atoms with Gasteiger partial charge < -0.3 is 9.88 Å². The second-order valence-electron chi connectivity index (χ2n) is 4.06. The van der Waals surface area contributed by atoms with Gasteiger partial charge in [-0.05, 0) is 19.3 Å². The quantitative estimate of drug-likeness (QED) is 0.778. The van der Waals surface area contributed by atoms with Crippen molar-refractivity contribution < 1.29 is 0 Å². The Morgan fingerprint density at radius 2 is 2.43 bits per heavy atom. The molecule has 0 atom stereocenters. The van der Waals surface area contributed by atoms with Crippen molar-refractivity contribution in [2.75, 3.05) is 11.9 Å². The first-order chi connectivity index (χ1) is 6.90. The molecular formula is C11H19N3. The molecule has 0 spiro atoms. The van der Waals surface area contributed by atoms with Gasteiger partial charge in [-0.15, -0.1) is 0 Å². The smallest absolute Gasteiger partial charge is 0.202 e. The van der Waals surface area contributed by atoms with Gasteiger partial charge in [0.25, 0.3) is 0 Å². The van der Waals surface area contributed by atoms with Gasteiger partial charge in [0.1, 0.15) is 0 Å². The van der Waals surface area contributed by atoms with Gasteiger partial charge in [-0.2, -0.15) is 0 Å². The van der Waals surface area contributed by atoms with Crippen LogP contribution in [-0.2, 0) is 6.54 Å². The van der Waals surface area contributed by atoms with E-state index in [1.54, 1.807) is 0 Å². The molecule has 2 rings (SSSR count). The van der Waals surface area contributed by atoms with E-state index in [2.05, 4.69) is 28.0 Å². The van der Waals surface area contributed by atoms with Crippen molar-refractivity contribution in [1.82, 2.24) is 9.55 Å². The molecule has 14 heavy (non-hydrogen) atoms. The minimum absolute atomic E-state index is 0.945. The third kappa shape index (κ3) is 2.08. The summed E-state index contributed by atoms with van der Waals surface area (Å²) >= 11 is 0. The molecule has 1 saturated carbocycles. The lowest BCUT2D eigenvalue weighted by atomic mass is 9.83. The van der Waals surface area contributed by atoms with Crippen LogP contribution in [0, 0.1) is 5.92 Å². The van der Waals surface area contributed by atoms with Gasteiger partial charge in [0.2, 0.25) is 5.95 Å². The molecule has 1 aliphatic carbocycles. The van der Waals surface area contributed by atoms with E-state index in [9.17, 15) is 0 Å². The fourth-order valence-corrected chi connectivity index (χ4v) is 1.92. The van der Waals surface area contributed by atoms with E-state index in [-0.39, 0.29) is 0 Å². The van der Waals surface area contributed by atoms with Crippen molar-refractivity contribution in [2.45, 2.75) is 39.2 Å². The van der Waals surface area contributed by atoms with Crippen LogP contribution in [0.5, 0.6) is 0 Å². The van der Waals surface area contributed by atoms with Crippen LogP contribution in [0.1, 0.15) is 32.6 Å². The Kier molecular flexibility index (Phi) is 3.07. The van der Waals surface area contributed by atoms with Crippen LogP contribution in [0.3, 0.4) is 0 Å². The number of aryl methyl sites for hydroxylation is 1.